The lowest BCUT2D eigenvalue weighted by molar-refractivity contribution is -0.123. The SMILES string of the molecule is CCOC(=O)N1C2COCC1CC(N1CCC3(CC1)C(=O)Nc1ccccc13)C2. The smallest absolute Gasteiger partial charge is 0.410 e. The molecule has 1 N–H and O–H groups in total. The molecule has 0 radical (unpaired) electrons. The van der Waals surface area contributed by atoms with Gasteiger partial charge in [-0.3, -0.25) is 9.69 Å². The van der Waals surface area contributed by atoms with Gasteiger partial charge in [0.05, 0.1) is 37.3 Å². The zero-order valence-electron chi connectivity index (χ0n) is 16.9. The van der Waals surface area contributed by atoms with E-state index in [1.165, 1.54) is 0 Å². The van der Waals surface area contributed by atoms with Crippen LogP contribution in [0, 0.1) is 0 Å². The zero-order chi connectivity index (χ0) is 20.0. The summed E-state index contributed by atoms with van der Waals surface area (Å²) in [6.07, 6.45) is 3.30. The van der Waals surface area contributed by atoms with Crippen LogP contribution in [-0.4, -0.2) is 72.8 Å². The first-order chi connectivity index (χ1) is 14.1. The highest BCUT2D eigenvalue weighted by Crippen LogP contribution is 2.45. The van der Waals surface area contributed by atoms with Crippen molar-refractivity contribution in [1.82, 2.24) is 9.80 Å². The minimum atomic E-state index is -0.377. The summed E-state index contributed by atoms with van der Waals surface area (Å²) in [7, 11) is 0. The van der Waals surface area contributed by atoms with E-state index < -0.39 is 0 Å². The molecule has 2 amide bonds. The summed E-state index contributed by atoms with van der Waals surface area (Å²) in [5, 5.41) is 3.08. The maximum atomic E-state index is 12.8. The molecule has 156 valence electrons. The molecule has 2 unspecified atom stereocenters. The number of rotatable bonds is 2. The van der Waals surface area contributed by atoms with Crippen LogP contribution in [0.2, 0.25) is 0 Å². The number of nitrogens with one attached hydrogen (secondary N) is 1. The number of amides is 2. The number of hydrogen-bond donors (Lipinski definition) is 1. The lowest BCUT2D eigenvalue weighted by Gasteiger charge is -2.51. The zero-order valence-corrected chi connectivity index (χ0v) is 16.9. The van der Waals surface area contributed by atoms with Crippen molar-refractivity contribution in [3.05, 3.63) is 29.8 Å². The fourth-order valence-corrected chi connectivity index (χ4v) is 5.82. The molecule has 4 aliphatic rings. The van der Waals surface area contributed by atoms with Crippen molar-refractivity contribution < 1.29 is 19.1 Å². The van der Waals surface area contributed by atoms with E-state index in [0.29, 0.717) is 25.9 Å². The maximum Gasteiger partial charge on any atom is 0.410 e. The summed E-state index contributed by atoms with van der Waals surface area (Å²) in [6, 6.07) is 8.70. The second kappa shape index (κ2) is 7.29. The van der Waals surface area contributed by atoms with Crippen molar-refractivity contribution in [2.45, 2.75) is 56.1 Å². The number of likely N-dealkylation sites (tertiary alicyclic amines) is 1. The van der Waals surface area contributed by atoms with Gasteiger partial charge in [0.2, 0.25) is 5.91 Å². The molecule has 0 aliphatic carbocycles. The Bertz CT molecular complexity index is 791. The fraction of sp³-hybridized carbons (Fsp3) is 0.636. The van der Waals surface area contributed by atoms with E-state index in [0.717, 1.165) is 50.0 Å². The number of nitrogens with zero attached hydrogens (tertiary/aromatic N) is 2. The Balaban J connectivity index is 1.28. The molecule has 5 rings (SSSR count). The first kappa shape index (κ1) is 18.9. The predicted octanol–water partition coefficient (Wildman–Crippen LogP) is 2.36. The third kappa shape index (κ3) is 3.02. The Morgan fingerprint density at radius 2 is 1.86 bits per heavy atom. The summed E-state index contributed by atoms with van der Waals surface area (Å²) in [5.74, 6) is 0.153. The molecule has 3 fully saturated rings. The van der Waals surface area contributed by atoms with Crippen molar-refractivity contribution in [3.8, 4) is 0 Å². The van der Waals surface area contributed by atoms with E-state index >= 15 is 0 Å². The van der Waals surface area contributed by atoms with Gasteiger partial charge in [0, 0.05) is 11.7 Å². The minimum Gasteiger partial charge on any atom is -0.450 e. The summed E-state index contributed by atoms with van der Waals surface area (Å²) in [5.41, 5.74) is 1.75. The fourth-order valence-electron chi connectivity index (χ4n) is 5.82. The van der Waals surface area contributed by atoms with Crippen LogP contribution in [0.5, 0.6) is 0 Å². The highest BCUT2D eigenvalue weighted by molar-refractivity contribution is 6.06. The largest absolute Gasteiger partial charge is 0.450 e. The average Bonchev–Trinajstić information content (AvgIpc) is 2.99. The molecule has 3 saturated heterocycles. The molecule has 2 atom stereocenters. The molecule has 1 aromatic carbocycles. The van der Waals surface area contributed by atoms with Crippen molar-refractivity contribution >= 4 is 17.7 Å². The number of fused-ring (bicyclic) bond motifs is 4. The molecule has 29 heavy (non-hydrogen) atoms. The minimum absolute atomic E-state index is 0.0814. The number of carbonyl (C=O) groups is 2. The van der Waals surface area contributed by atoms with Crippen molar-refractivity contribution in [3.63, 3.8) is 0 Å². The molecule has 7 nitrogen and oxygen atoms in total. The molecule has 0 saturated carbocycles. The first-order valence-electron chi connectivity index (χ1n) is 10.8. The summed E-state index contributed by atoms with van der Waals surface area (Å²) < 4.78 is 11.0. The van der Waals surface area contributed by atoms with Crippen LogP contribution in [-0.2, 0) is 19.7 Å². The van der Waals surface area contributed by atoms with Crippen molar-refractivity contribution in [2.24, 2.45) is 0 Å². The summed E-state index contributed by atoms with van der Waals surface area (Å²) in [4.78, 5) is 29.7. The predicted molar refractivity (Wildman–Crippen MR) is 108 cm³/mol. The van der Waals surface area contributed by atoms with Crippen LogP contribution < -0.4 is 5.32 Å². The Kier molecular flexibility index (Phi) is 4.75. The second-order valence-electron chi connectivity index (χ2n) is 8.69. The Hall–Kier alpha value is -2.12. The number of para-hydroxylation sites is 1. The molecule has 0 aromatic heterocycles. The van der Waals surface area contributed by atoms with Gasteiger partial charge in [-0.15, -0.1) is 0 Å². The Morgan fingerprint density at radius 3 is 2.55 bits per heavy atom. The van der Waals surface area contributed by atoms with Crippen molar-refractivity contribution in [2.75, 3.05) is 38.2 Å². The highest BCUT2D eigenvalue weighted by Gasteiger charge is 2.50. The van der Waals surface area contributed by atoms with Gasteiger partial charge in [-0.05, 0) is 57.3 Å². The van der Waals surface area contributed by atoms with E-state index in [9.17, 15) is 9.59 Å². The molecule has 1 aromatic rings. The molecular weight excluding hydrogens is 370 g/mol. The van der Waals surface area contributed by atoms with Crippen LogP contribution in [0.3, 0.4) is 0 Å². The van der Waals surface area contributed by atoms with Gasteiger partial charge in [0.25, 0.3) is 0 Å². The van der Waals surface area contributed by atoms with Gasteiger partial charge in [-0.25, -0.2) is 4.79 Å². The highest BCUT2D eigenvalue weighted by atomic mass is 16.6. The van der Waals surface area contributed by atoms with Gasteiger partial charge < -0.3 is 19.7 Å². The number of ether oxygens (including phenoxy) is 2. The van der Waals surface area contributed by atoms with Gasteiger partial charge in [-0.2, -0.15) is 0 Å². The monoisotopic (exact) mass is 399 g/mol. The van der Waals surface area contributed by atoms with E-state index in [1.54, 1.807) is 0 Å². The quantitative estimate of drug-likeness (QED) is 0.827. The molecule has 4 aliphatic heterocycles. The normalized spacial score (nSPS) is 30.7. The van der Waals surface area contributed by atoms with Gasteiger partial charge in [0.1, 0.15) is 0 Å². The second-order valence-corrected chi connectivity index (χ2v) is 8.69. The van der Waals surface area contributed by atoms with E-state index in [1.807, 2.05) is 30.0 Å². The van der Waals surface area contributed by atoms with E-state index in [4.69, 9.17) is 9.47 Å². The standard InChI is InChI=1S/C22H29N3O4/c1-2-29-21(27)25-16-11-15(12-17(25)14-28-13-16)24-9-7-22(8-10-24)18-5-3-4-6-19(18)23-20(22)26/h3-6,15-17H,2,7-14H2,1H3,(H,23,26). The molecule has 7 heteroatoms. The van der Waals surface area contributed by atoms with Crippen molar-refractivity contribution in [1.29, 1.82) is 0 Å². The number of carbonyl (C=O) groups excluding carboxylic acids is 2. The van der Waals surface area contributed by atoms with Gasteiger partial charge in [0.15, 0.2) is 0 Å². The lowest BCUT2D eigenvalue weighted by Crippen LogP contribution is -2.63. The molecular formula is C22H29N3O4. The number of hydrogen-bond acceptors (Lipinski definition) is 5. The molecule has 1 spiro atoms. The average molecular weight is 399 g/mol. The Labute approximate surface area is 171 Å². The third-order valence-electron chi connectivity index (χ3n) is 7.27. The topological polar surface area (TPSA) is 71.1 Å². The number of piperidine rings is 2. The Morgan fingerprint density at radius 1 is 1.17 bits per heavy atom. The summed E-state index contributed by atoms with van der Waals surface area (Å²) in [6.45, 7) is 5.23. The van der Waals surface area contributed by atoms with Crippen LogP contribution in [0.1, 0.15) is 38.2 Å². The summed E-state index contributed by atoms with van der Waals surface area (Å²) >= 11 is 0. The lowest BCUT2D eigenvalue weighted by atomic mass is 9.73. The molecule has 4 heterocycles. The first-order valence-corrected chi connectivity index (χ1v) is 10.8. The van der Waals surface area contributed by atoms with Gasteiger partial charge in [-0.1, -0.05) is 18.2 Å². The number of benzene rings is 1. The van der Waals surface area contributed by atoms with Crippen LogP contribution in [0.4, 0.5) is 10.5 Å². The third-order valence-corrected chi connectivity index (χ3v) is 7.27. The van der Waals surface area contributed by atoms with E-state index in [-0.39, 0.29) is 29.5 Å². The van der Waals surface area contributed by atoms with Crippen LogP contribution in [0.25, 0.3) is 0 Å². The van der Waals surface area contributed by atoms with Crippen LogP contribution in [0.15, 0.2) is 24.3 Å². The molecule has 2 bridgehead atoms. The van der Waals surface area contributed by atoms with Gasteiger partial charge >= 0.3 is 6.09 Å². The van der Waals surface area contributed by atoms with E-state index in [2.05, 4.69) is 16.3 Å². The van der Waals surface area contributed by atoms with Crippen LogP contribution >= 0.6 is 0 Å². The number of anilines is 1. The number of morpholine rings is 1. The maximum absolute atomic E-state index is 12.8.